The number of nitrogens with one attached hydrogen (secondary N) is 2. The second-order valence-corrected chi connectivity index (χ2v) is 7.03. The fourth-order valence-electron chi connectivity index (χ4n) is 3.65. The number of carbonyl (C=O) groups excluding carboxylic acids is 1. The lowest BCUT2D eigenvalue weighted by Crippen LogP contribution is -2.29. The van der Waals surface area contributed by atoms with E-state index >= 15 is 0 Å². The van der Waals surface area contributed by atoms with Crippen LogP contribution in [-0.4, -0.2) is 36.3 Å². The van der Waals surface area contributed by atoms with Gasteiger partial charge in [0.15, 0.2) is 0 Å². The summed E-state index contributed by atoms with van der Waals surface area (Å²) < 4.78 is 5.18. The van der Waals surface area contributed by atoms with Gasteiger partial charge in [-0.15, -0.1) is 0 Å². The zero-order valence-electron chi connectivity index (χ0n) is 15.6. The van der Waals surface area contributed by atoms with Crippen molar-refractivity contribution in [2.75, 3.05) is 25.2 Å². The van der Waals surface area contributed by atoms with Gasteiger partial charge in [-0.3, -0.25) is 4.90 Å². The molecule has 1 aromatic heterocycles. The number of imidazole rings is 1. The van der Waals surface area contributed by atoms with Crippen molar-refractivity contribution in [3.8, 4) is 0 Å². The van der Waals surface area contributed by atoms with Gasteiger partial charge in [-0.05, 0) is 41.7 Å². The number of fused-ring (bicyclic) bond motifs is 1. The Kier molecular flexibility index (Phi) is 4.81. The Balaban J connectivity index is 1.59. The molecule has 2 atom stereocenters. The first kappa shape index (κ1) is 17.5. The van der Waals surface area contributed by atoms with Crippen LogP contribution in [0.5, 0.6) is 0 Å². The number of hydrogen-bond donors (Lipinski definition) is 2. The van der Waals surface area contributed by atoms with Crippen LogP contribution in [0.3, 0.4) is 0 Å². The maximum absolute atomic E-state index is 12.5. The summed E-state index contributed by atoms with van der Waals surface area (Å²) in [6.07, 6.45) is 2.66. The van der Waals surface area contributed by atoms with Gasteiger partial charge in [0, 0.05) is 25.9 Å². The van der Waals surface area contributed by atoms with E-state index in [2.05, 4.69) is 46.5 Å². The summed E-state index contributed by atoms with van der Waals surface area (Å²) in [5, 5.41) is 2.97. The van der Waals surface area contributed by atoms with Crippen molar-refractivity contribution in [2.45, 2.75) is 25.3 Å². The van der Waals surface area contributed by atoms with Gasteiger partial charge in [0.2, 0.25) is 0 Å². The molecule has 0 saturated carbocycles. The highest BCUT2D eigenvalue weighted by Crippen LogP contribution is 2.32. The van der Waals surface area contributed by atoms with Crippen LogP contribution in [-0.2, 0) is 4.74 Å². The molecule has 27 heavy (non-hydrogen) atoms. The number of rotatable bonds is 6. The van der Waals surface area contributed by atoms with Gasteiger partial charge in [-0.25, -0.2) is 9.78 Å². The number of aromatic amines is 1. The molecule has 6 nitrogen and oxygen atoms in total. The predicted octanol–water partition coefficient (Wildman–Crippen LogP) is 3.97. The Morgan fingerprint density at radius 3 is 2.85 bits per heavy atom. The van der Waals surface area contributed by atoms with Gasteiger partial charge in [-0.2, -0.15) is 0 Å². The third kappa shape index (κ3) is 3.40. The second kappa shape index (κ2) is 7.40. The van der Waals surface area contributed by atoms with Crippen LogP contribution in [0.25, 0.3) is 11.0 Å². The van der Waals surface area contributed by atoms with Gasteiger partial charge in [-0.1, -0.05) is 31.2 Å². The molecule has 1 fully saturated rings. The zero-order valence-corrected chi connectivity index (χ0v) is 15.6. The van der Waals surface area contributed by atoms with Crippen molar-refractivity contribution in [2.24, 2.45) is 0 Å². The standard InChI is InChI=1S/C21H24N4O2/c1-14(9-10-27-2)15-3-5-16(6-4-15)20-12-22-21(26)25(20)17-7-8-18-19(11-17)24-13-23-18/h3-8,11,13-14,20H,9-10,12H2,1-2H3,(H,22,26)(H,23,24). The Morgan fingerprint density at radius 1 is 1.26 bits per heavy atom. The molecular formula is C21H24N4O2. The van der Waals surface area contributed by atoms with Crippen molar-refractivity contribution in [1.82, 2.24) is 15.3 Å². The van der Waals surface area contributed by atoms with Gasteiger partial charge in [0.05, 0.1) is 23.4 Å². The average Bonchev–Trinajstić information content (AvgIpc) is 3.31. The van der Waals surface area contributed by atoms with Crippen LogP contribution in [0, 0.1) is 0 Å². The molecule has 2 heterocycles. The Morgan fingerprint density at radius 2 is 2.07 bits per heavy atom. The molecule has 2 amide bonds. The van der Waals surface area contributed by atoms with E-state index in [4.69, 9.17) is 4.74 Å². The van der Waals surface area contributed by atoms with E-state index in [1.807, 2.05) is 23.1 Å². The van der Waals surface area contributed by atoms with Gasteiger partial charge in [0.25, 0.3) is 0 Å². The molecule has 6 heteroatoms. The number of ether oxygens (including phenoxy) is 1. The van der Waals surface area contributed by atoms with E-state index in [0.29, 0.717) is 12.5 Å². The zero-order chi connectivity index (χ0) is 18.8. The first-order valence-electron chi connectivity index (χ1n) is 9.26. The lowest BCUT2D eigenvalue weighted by molar-refractivity contribution is 0.189. The van der Waals surface area contributed by atoms with E-state index in [9.17, 15) is 4.79 Å². The summed E-state index contributed by atoms with van der Waals surface area (Å²) in [6.45, 7) is 3.56. The molecule has 0 bridgehead atoms. The largest absolute Gasteiger partial charge is 0.385 e. The Labute approximate surface area is 158 Å². The first-order valence-corrected chi connectivity index (χ1v) is 9.26. The molecule has 140 valence electrons. The maximum atomic E-state index is 12.5. The number of carbonyl (C=O) groups is 1. The summed E-state index contributed by atoms with van der Waals surface area (Å²) >= 11 is 0. The van der Waals surface area contributed by atoms with E-state index < -0.39 is 0 Å². The summed E-state index contributed by atoms with van der Waals surface area (Å²) in [7, 11) is 1.73. The monoisotopic (exact) mass is 364 g/mol. The molecule has 1 aliphatic heterocycles. The van der Waals surface area contributed by atoms with Gasteiger partial charge >= 0.3 is 6.03 Å². The van der Waals surface area contributed by atoms with Crippen LogP contribution < -0.4 is 10.2 Å². The number of hydrogen-bond acceptors (Lipinski definition) is 3. The quantitative estimate of drug-likeness (QED) is 0.695. The molecule has 4 rings (SSSR count). The van der Waals surface area contributed by atoms with E-state index in [-0.39, 0.29) is 12.1 Å². The number of urea groups is 1. The van der Waals surface area contributed by atoms with E-state index in [1.54, 1.807) is 13.4 Å². The highest BCUT2D eigenvalue weighted by Gasteiger charge is 2.33. The topological polar surface area (TPSA) is 70.2 Å². The smallest absolute Gasteiger partial charge is 0.322 e. The minimum absolute atomic E-state index is 0.0267. The number of methoxy groups -OCH3 is 1. The van der Waals surface area contributed by atoms with Crippen LogP contribution in [0.15, 0.2) is 48.8 Å². The number of anilines is 1. The third-order valence-corrected chi connectivity index (χ3v) is 5.30. The van der Waals surface area contributed by atoms with Crippen LogP contribution >= 0.6 is 0 Å². The summed E-state index contributed by atoms with van der Waals surface area (Å²) in [5.74, 6) is 0.446. The Hall–Kier alpha value is -2.86. The molecule has 2 aromatic carbocycles. The molecule has 1 saturated heterocycles. The SMILES string of the molecule is COCCC(C)c1ccc(C2CNC(=O)N2c2ccc3nc[nH]c3c2)cc1. The maximum Gasteiger partial charge on any atom is 0.322 e. The third-order valence-electron chi connectivity index (χ3n) is 5.30. The number of nitrogens with zero attached hydrogens (tertiary/aromatic N) is 2. The van der Waals surface area contributed by atoms with Crippen LogP contribution in [0.2, 0.25) is 0 Å². The highest BCUT2D eigenvalue weighted by molar-refractivity contribution is 5.97. The molecule has 2 unspecified atom stereocenters. The van der Waals surface area contributed by atoms with E-state index in [0.717, 1.165) is 35.3 Å². The molecule has 3 aromatic rings. The van der Waals surface area contributed by atoms with E-state index in [1.165, 1.54) is 5.56 Å². The van der Waals surface area contributed by atoms with Crippen molar-refractivity contribution in [1.29, 1.82) is 0 Å². The highest BCUT2D eigenvalue weighted by atomic mass is 16.5. The summed E-state index contributed by atoms with van der Waals surface area (Å²) in [5.41, 5.74) is 5.10. The van der Waals surface area contributed by atoms with Crippen molar-refractivity contribution in [3.63, 3.8) is 0 Å². The van der Waals surface area contributed by atoms with Crippen molar-refractivity contribution < 1.29 is 9.53 Å². The van der Waals surface area contributed by atoms with Crippen LogP contribution in [0.1, 0.15) is 36.4 Å². The number of aromatic nitrogens is 2. The predicted molar refractivity (Wildman–Crippen MR) is 106 cm³/mol. The second-order valence-electron chi connectivity index (χ2n) is 7.03. The Bertz CT molecular complexity index is 935. The summed E-state index contributed by atoms with van der Waals surface area (Å²) in [6, 6.07) is 14.3. The normalized spacial score (nSPS) is 18.1. The van der Waals surface area contributed by atoms with Crippen LogP contribution in [0.4, 0.5) is 10.5 Å². The first-order chi connectivity index (χ1) is 13.2. The van der Waals surface area contributed by atoms with Crippen molar-refractivity contribution in [3.05, 3.63) is 59.9 Å². The molecule has 2 N–H and O–H groups in total. The van der Waals surface area contributed by atoms with Crippen molar-refractivity contribution >= 4 is 22.8 Å². The molecular weight excluding hydrogens is 340 g/mol. The molecule has 0 spiro atoms. The fourth-order valence-corrected chi connectivity index (χ4v) is 3.65. The number of benzene rings is 2. The van der Waals surface area contributed by atoms with Gasteiger partial charge in [0.1, 0.15) is 0 Å². The molecule has 0 aliphatic carbocycles. The molecule has 0 radical (unpaired) electrons. The summed E-state index contributed by atoms with van der Waals surface area (Å²) in [4.78, 5) is 21.7. The van der Waals surface area contributed by atoms with Gasteiger partial charge < -0.3 is 15.0 Å². The minimum atomic E-state index is -0.0728. The number of amides is 2. The lowest BCUT2D eigenvalue weighted by Gasteiger charge is -2.24. The molecule has 1 aliphatic rings. The number of H-pyrrole nitrogens is 1. The lowest BCUT2D eigenvalue weighted by atomic mass is 9.95. The minimum Gasteiger partial charge on any atom is -0.385 e. The fraction of sp³-hybridized carbons (Fsp3) is 0.333. The average molecular weight is 364 g/mol.